The molecule has 1 aromatic carbocycles. The largest absolute Gasteiger partial charge is 0.508 e. The molecule has 0 aromatic heterocycles. The predicted molar refractivity (Wildman–Crippen MR) is 50.4 cm³/mol. The van der Waals surface area contributed by atoms with E-state index in [1.54, 1.807) is 12.1 Å². The van der Waals surface area contributed by atoms with Gasteiger partial charge >= 0.3 is 0 Å². The minimum absolute atomic E-state index is 0.190. The van der Waals surface area contributed by atoms with Crippen LogP contribution in [0.4, 0.5) is 4.39 Å². The summed E-state index contributed by atoms with van der Waals surface area (Å²) < 4.78 is 12.9. The lowest BCUT2D eigenvalue weighted by Crippen LogP contribution is -2.03. The van der Waals surface area contributed by atoms with Crippen molar-refractivity contribution in [1.29, 1.82) is 0 Å². The van der Waals surface area contributed by atoms with Gasteiger partial charge in [0, 0.05) is 0 Å². The third-order valence-corrected chi connectivity index (χ3v) is 1.98. The molecule has 0 bridgehead atoms. The van der Waals surface area contributed by atoms with Crippen LogP contribution in [-0.2, 0) is 6.42 Å². The number of phenols is 1. The molecular formula is C10H14FNO. The van der Waals surface area contributed by atoms with E-state index in [0.29, 0.717) is 24.1 Å². The maximum absolute atomic E-state index is 12.9. The molecular weight excluding hydrogens is 169 g/mol. The molecule has 0 aliphatic rings. The minimum atomic E-state index is -1.00. The third kappa shape index (κ3) is 2.42. The third-order valence-electron chi connectivity index (χ3n) is 1.98. The zero-order valence-corrected chi connectivity index (χ0v) is 7.63. The number of hydrogen-bond donors (Lipinski definition) is 2. The molecule has 0 radical (unpaired) electrons. The summed E-state index contributed by atoms with van der Waals surface area (Å²) in [5, 5.41) is 9.37. The Balaban J connectivity index is 2.97. The van der Waals surface area contributed by atoms with Gasteiger partial charge in [-0.15, -0.1) is 0 Å². The highest BCUT2D eigenvalue weighted by Crippen LogP contribution is 2.24. The van der Waals surface area contributed by atoms with Gasteiger partial charge in [-0.05, 0) is 43.1 Å². The Morgan fingerprint density at radius 1 is 1.54 bits per heavy atom. The Hall–Kier alpha value is -1.09. The average molecular weight is 183 g/mol. The first-order valence-electron chi connectivity index (χ1n) is 4.31. The van der Waals surface area contributed by atoms with Gasteiger partial charge in [-0.2, -0.15) is 0 Å². The van der Waals surface area contributed by atoms with Crippen LogP contribution in [0.1, 0.15) is 24.2 Å². The first-order valence-corrected chi connectivity index (χ1v) is 4.31. The Kier molecular flexibility index (Phi) is 3.25. The summed E-state index contributed by atoms with van der Waals surface area (Å²) in [7, 11) is 0. The second-order valence-electron chi connectivity index (χ2n) is 3.04. The van der Waals surface area contributed by atoms with Crippen molar-refractivity contribution in [2.75, 3.05) is 6.54 Å². The summed E-state index contributed by atoms with van der Waals surface area (Å²) >= 11 is 0. The van der Waals surface area contributed by atoms with Crippen LogP contribution in [0.3, 0.4) is 0 Å². The molecule has 0 heterocycles. The molecule has 3 heteroatoms. The maximum Gasteiger partial charge on any atom is 0.122 e. The van der Waals surface area contributed by atoms with E-state index in [9.17, 15) is 9.50 Å². The molecule has 1 rings (SSSR count). The molecule has 0 saturated carbocycles. The molecule has 2 nitrogen and oxygen atoms in total. The monoisotopic (exact) mass is 183 g/mol. The van der Waals surface area contributed by atoms with Gasteiger partial charge < -0.3 is 10.8 Å². The smallest absolute Gasteiger partial charge is 0.122 e. The van der Waals surface area contributed by atoms with Gasteiger partial charge in [0.2, 0.25) is 0 Å². The molecule has 13 heavy (non-hydrogen) atoms. The lowest BCUT2D eigenvalue weighted by atomic mass is 10.0. The van der Waals surface area contributed by atoms with Crippen molar-refractivity contribution < 1.29 is 9.50 Å². The van der Waals surface area contributed by atoms with Crippen molar-refractivity contribution in [3.63, 3.8) is 0 Å². The molecule has 72 valence electrons. The van der Waals surface area contributed by atoms with Crippen LogP contribution in [0.25, 0.3) is 0 Å². The van der Waals surface area contributed by atoms with Crippen LogP contribution in [0.15, 0.2) is 18.2 Å². The Bertz CT molecular complexity index is 286. The van der Waals surface area contributed by atoms with E-state index in [0.717, 1.165) is 0 Å². The number of phenolic OH excluding ortho intramolecular Hbond substituents is 1. The van der Waals surface area contributed by atoms with E-state index in [1.807, 2.05) is 0 Å². The summed E-state index contributed by atoms with van der Waals surface area (Å²) in [5.74, 6) is 0.190. The number of aromatic hydroxyl groups is 1. The molecule has 0 aliphatic heterocycles. The van der Waals surface area contributed by atoms with Gasteiger partial charge in [-0.1, -0.05) is 6.07 Å². The van der Waals surface area contributed by atoms with E-state index in [2.05, 4.69) is 0 Å². The highest BCUT2D eigenvalue weighted by molar-refractivity contribution is 5.37. The summed E-state index contributed by atoms with van der Waals surface area (Å²) in [4.78, 5) is 0. The molecule has 0 fully saturated rings. The Morgan fingerprint density at radius 3 is 2.77 bits per heavy atom. The van der Waals surface area contributed by atoms with Crippen molar-refractivity contribution in [3.8, 4) is 5.75 Å². The van der Waals surface area contributed by atoms with Crippen molar-refractivity contribution >= 4 is 0 Å². The SMILES string of the molecule is CC(F)c1ccc(O)c(CCN)c1. The fraction of sp³-hybridized carbons (Fsp3) is 0.400. The second kappa shape index (κ2) is 4.23. The molecule has 0 spiro atoms. The number of rotatable bonds is 3. The first-order chi connectivity index (χ1) is 6.15. The lowest BCUT2D eigenvalue weighted by molar-refractivity contribution is 0.373. The minimum Gasteiger partial charge on any atom is -0.508 e. The van der Waals surface area contributed by atoms with Crippen LogP contribution < -0.4 is 5.73 Å². The maximum atomic E-state index is 12.9. The predicted octanol–water partition coefficient (Wildman–Crippen LogP) is 1.92. The van der Waals surface area contributed by atoms with Gasteiger partial charge in [-0.25, -0.2) is 4.39 Å². The second-order valence-corrected chi connectivity index (χ2v) is 3.04. The summed E-state index contributed by atoms with van der Waals surface area (Å²) in [5.41, 5.74) is 6.65. The number of alkyl halides is 1. The van der Waals surface area contributed by atoms with Crippen LogP contribution in [0.2, 0.25) is 0 Å². The van der Waals surface area contributed by atoms with Crippen LogP contribution >= 0.6 is 0 Å². The summed E-state index contributed by atoms with van der Waals surface area (Å²) in [6, 6.07) is 4.75. The van der Waals surface area contributed by atoms with Gasteiger partial charge in [-0.3, -0.25) is 0 Å². The quantitative estimate of drug-likeness (QED) is 0.752. The average Bonchev–Trinajstić information content (AvgIpc) is 2.08. The first kappa shape index (κ1) is 9.99. The normalized spacial score (nSPS) is 12.8. The van der Waals surface area contributed by atoms with Crippen molar-refractivity contribution in [2.45, 2.75) is 19.5 Å². The van der Waals surface area contributed by atoms with E-state index in [4.69, 9.17) is 5.73 Å². The molecule has 1 atom stereocenters. The molecule has 1 aromatic rings. The van der Waals surface area contributed by atoms with Crippen LogP contribution in [0, 0.1) is 0 Å². The zero-order valence-electron chi connectivity index (χ0n) is 7.63. The molecule has 0 aliphatic carbocycles. The van der Waals surface area contributed by atoms with Crippen LogP contribution in [0.5, 0.6) is 5.75 Å². The Morgan fingerprint density at radius 2 is 2.23 bits per heavy atom. The summed E-state index contributed by atoms with van der Waals surface area (Å²) in [6.07, 6.45) is -0.427. The van der Waals surface area contributed by atoms with E-state index in [-0.39, 0.29) is 5.75 Å². The molecule has 0 amide bonds. The van der Waals surface area contributed by atoms with Crippen molar-refractivity contribution in [1.82, 2.24) is 0 Å². The van der Waals surface area contributed by atoms with Crippen molar-refractivity contribution in [3.05, 3.63) is 29.3 Å². The number of hydrogen-bond acceptors (Lipinski definition) is 2. The number of benzene rings is 1. The fourth-order valence-corrected chi connectivity index (χ4v) is 1.21. The molecule has 3 N–H and O–H groups in total. The molecule has 1 unspecified atom stereocenters. The highest BCUT2D eigenvalue weighted by Gasteiger charge is 2.06. The highest BCUT2D eigenvalue weighted by atomic mass is 19.1. The lowest BCUT2D eigenvalue weighted by Gasteiger charge is -2.07. The standard InChI is InChI=1S/C10H14FNO/c1-7(11)8-2-3-10(13)9(6-8)4-5-12/h2-3,6-7,13H,4-5,12H2,1H3. The van der Waals surface area contributed by atoms with Gasteiger partial charge in [0.05, 0.1) is 0 Å². The van der Waals surface area contributed by atoms with Gasteiger partial charge in [0.15, 0.2) is 0 Å². The molecule has 0 saturated heterocycles. The number of nitrogens with two attached hydrogens (primary N) is 1. The van der Waals surface area contributed by atoms with Gasteiger partial charge in [0.1, 0.15) is 11.9 Å². The van der Waals surface area contributed by atoms with E-state index < -0.39 is 6.17 Å². The van der Waals surface area contributed by atoms with Gasteiger partial charge in [0.25, 0.3) is 0 Å². The van der Waals surface area contributed by atoms with Crippen molar-refractivity contribution in [2.24, 2.45) is 5.73 Å². The summed E-state index contributed by atoms with van der Waals surface area (Å²) in [6.45, 7) is 1.93. The topological polar surface area (TPSA) is 46.2 Å². The zero-order chi connectivity index (χ0) is 9.84. The number of halogens is 1. The van der Waals surface area contributed by atoms with Crippen LogP contribution in [-0.4, -0.2) is 11.7 Å². The van der Waals surface area contributed by atoms with E-state index in [1.165, 1.54) is 13.0 Å². The van der Waals surface area contributed by atoms with E-state index >= 15 is 0 Å². The Labute approximate surface area is 77.2 Å². The fourth-order valence-electron chi connectivity index (χ4n) is 1.21.